The number of aromatic nitrogens is 2. The van der Waals surface area contributed by atoms with Crippen LogP contribution < -0.4 is 5.32 Å². The molecule has 1 atom stereocenters. The Bertz CT molecular complexity index is 1250. The standard InChI is InChI=1S/C26H26N4O2S/c31-25(15-21-5-4-14-33-21)30-13-3-8-24(30)26(32)27-16-19-9-11-20(12-10-19)17-29-18-28-22-6-1-2-7-23(22)29/h1-2,4-7,9-12,14,18,24H,3,8,13,15-17H2,(H,27,32). The van der Waals surface area contributed by atoms with Crippen molar-refractivity contribution in [1.82, 2.24) is 19.8 Å². The second-order valence-electron chi connectivity index (χ2n) is 8.40. The van der Waals surface area contributed by atoms with Crippen LogP contribution in [0.15, 0.2) is 72.4 Å². The number of carbonyl (C=O) groups is 2. The first kappa shape index (κ1) is 21.4. The normalized spacial score (nSPS) is 15.8. The summed E-state index contributed by atoms with van der Waals surface area (Å²) in [6, 6.07) is 19.9. The van der Waals surface area contributed by atoms with Crippen LogP contribution in [-0.4, -0.2) is 38.9 Å². The Morgan fingerprint density at radius 3 is 2.67 bits per heavy atom. The van der Waals surface area contributed by atoms with Gasteiger partial charge in [-0.25, -0.2) is 4.98 Å². The fraction of sp³-hybridized carbons (Fsp3) is 0.269. The maximum atomic E-state index is 12.8. The van der Waals surface area contributed by atoms with Crippen molar-refractivity contribution in [2.75, 3.05) is 6.54 Å². The number of thiophene rings is 1. The molecular weight excluding hydrogens is 432 g/mol. The van der Waals surface area contributed by atoms with Gasteiger partial charge in [0.1, 0.15) is 6.04 Å². The van der Waals surface area contributed by atoms with E-state index in [0.717, 1.165) is 40.9 Å². The molecule has 1 aliphatic heterocycles. The summed E-state index contributed by atoms with van der Waals surface area (Å²) in [6.07, 6.45) is 3.83. The number of hydrogen-bond donors (Lipinski definition) is 1. The molecule has 0 bridgehead atoms. The van der Waals surface area contributed by atoms with E-state index >= 15 is 0 Å². The van der Waals surface area contributed by atoms with Crippen LogP contribution in [0.5, 0.6) is 0 Å². The van der Waals surface area contributed by atoms with Crippen molar-refractivity contribution < 1.29 is 9.59 Å². The van der Waals surface area contributed by atoms with Gasteiger partial charge in [0.25, 0.3) is 0 Å². The summed E-state index contributed by atoms with van der Waals surface area (Å²) in [4.78, 5) is 32.8. The molecule has 1 N–H and O–H groups in total. The number of imidazole rings is 1. The van der Waals surface area contributed by atoms with Gasteiger partial charge in [0.05, 0.1) is 23.8 Å². The topological polar surface area (TPSA) is 67.2 Å². The Morgan fingerprint density at radius 1 is 1.03 bits per heavy atom. The Labute approximate surface area is 196 Å². The summed E-state index contributed by atoms with van der Waals surface area (Å²) >= 11 is 1.58. The molecule has 0 radical (unpaired) electrons. The predicted molar refractivity (Wildman–Crippen MR) is 130 cm³/mol. The third-order valence-electron chi connectivity index (χ3n) is 6.15. The maximum Gasteiger partial charge on any atom is 0.243 e. The minimum Gasteiger partial charge on any atom is -0.350 e. The number of benzene rings is 2. The average Bonchev–Trinajstić information content (AvgIpc) is 3.60. The molecule has 168 valence electrons. The van der Waals surface area contributed by atoms with Gasteiger partial charge in [0.2, 0.25) is 11.8 Å². The molecule has 0 saturated carbocycles. The van der Waals surface area contributed by atoms with Crippen LogP contribution in [0.3, 0.4) is 0 Å². The number of amides is 2. The van der Waals surface area contributed by atoms with Gasteiger partial charge in [-0.1, -0.05) is 42.5 Å². The Balaban J connectivity index is 1.16. The summed E-state index contributed by atoms with van der Waals surface area (Å²) in [5.74, 6) is -0.0347. The van der Waals surface area contributed by atoms with Crippen molar-refractivity contribution in [3.8, 4) is 0 Å². The van der Waals surface area contributed by atoms with Crippen molar-refractivity contribution in [2.45, 2.75) is 38.4 Å². The van der Waals surface area contributed by atoms with Gasteiger partial charge in [-0.05, 0) is 47.5 Å². The van der Waals surface area contributed by atoms with E-state index in [0.29, 0.717) is 19.5 Å². The van der Waals surface area contributed by atoms with E-state index < -0.39 is 0 Å². The van der Waals surface area contributed by atoms with Crippen LogP contribution in [0.2, 0.25) is 0 Å². The third-order valence-corrected chi connectivity index (χ3v) is 7.03. The first-order valence-corrected chi connectivity index (χ1v) is 12.1. The molecule has 5 rings (SSSR count). The monoisotopic (exact) mass is 458 g/mol. The Kier molecular flexibility index (Phi) is 6.21. The summed E-state index contributed by atoms with van der Waals surface area (Å²) in [6.45, 7) is 1.85. The number of fused-ring (bicyclic) bond motifs is 1. The van der Waals surface area contributed by atoms with Gasteiger partial charge >= 0.3 is 0 Å². The molecule has 33 heavy (non-hydrogen) atoms. The highest BCUT2D eigenvalue weighted by molar-refractivity contribution is 7.10. The maximum absolute atomic E-state index is 12.8. The minimum atomic E-state index is -0.369. The lowest BCUT2D eigenvalue weighted by Gasteiger charge is -2.24. The highest BCUT2D eigenvalue weighted by Crippen LogP contribution is 2.20. The molecule has 0 spiro atoms. The van der Waals surface area contributed by atoms with E-state index in [4.69, 9.17) is 0 Å². The molecule has 2 aromatic carbocycles. The van der Waals surface area contributed by atoms with Crippen LogP contribution in [0.4, 0.5) is 0 Å². The molecule has 1 saturated heterocycles. The van der Waals surface area contributed by atoms with Crippen LogP contribution in [-0.2, 0) is 29.1 Å². The fourth-order valence-corrected chi connectivity index (χ4v) is 5.10. The largest absolute Gasteiger partial charge is 0.350 e. The zero-order chi connectivity index (χ0) is 22.6. The first-order chi connectivity index (χ1) is 16.2. The van der Waals surface area contributed by atoms with Crippen LogP contribution in [0.1, 0.15) is 28.8 Å². The molecule has 0 aliphatic carbocycles. The minimum absolute atomic E-state index is 0.0338. The lowest BCUT2D eigenvalue weighted by Crippen LogP contribution is -2.46. The molecule has 2 aromatic heterocycles. The second-order valence-corrected chi connectivity index (χ2v) is 9.43. The summed E-state index contributed by atoms with van der Waals surface area (Å²) < 4.78 is 2.13. The molecule has 4 aromatic rings. The van der Waals surface area contributed by atoms with Gasteiger partial charge in [-0.2, -0.15) is 0 Å². The quantitative estimate of drug-likeness (QED) is 0.455. The van der Waals surface area contributed by atoms with E-state index in [1.54, 1.807) is 16.2 Å². The van der Waals surface area contributed by atoms with Crippen molar-refractivity contribution in [3.05, 3.63) is 88.4 Å². The molecule has 3 heterocycles. The number of para-hydroxylation sites is 2. The van der Waals surface area contributed by atoms with Crippen molar-refractivity contribution in [1.29, 1.82) is 0 Å². The van der Waals surface area contributed by atoms with E-state index in [1.165, 1.54) is 5.56 Å². The van der Waals surface area contributed by atoms with Crippen molar-refractivity contribution in [3.63, 3.8) is 0 Å². The van der Waals surface area contributed by atoms with E-state index in [9.17, 15) is 9.59 Å². The third kappa shape index (κ3) is 4.83. The van der Waals surface area contributed by atoms with Crippen LogP contribution >= 0.6 is 11.3 Å². The molecule has 1 aliphatic rings. The number of hydrogen-bond acceptors (Lipinski definition) is 4. The summed E-state index contributed by atoms with van der Waals surface area (Å²) in [7, 11) is 0. The number of likely N-dealkylation sites (tertiary alicyclic amines) is 1. The number of nitrogens with zero attached hydrogens (tertiary/aromatic N) is 3. The predicted octanol–water partition coefficient (Wildman–Crippen LogP) is 4.00. The first-order valence-electron chi connectivity index (χ1n) is 11.2. The van der Waals surface area contributed by atoms with Gasteiger partial charge in [0.15, 0.2) is 0 Å². The number of carbonyl (C=O) groups excluding carboxylic acids is 2. The van der Waals surface area contributed by atoms with Crippen LogP contribution in [0.25, 0.3) is 11.0 Å². The van der Waals surface area contributed by atoms with Crippen molar-refractivity contribution in [2.24, 2.45) is 0 Å². The number of nitrogens with one attached hydrogen (secondary N) is 1. The lowest BCUT2D eigenvalue weighted by atomic mass is 10.1. The zero-order valence-corrected chi connectivity index (χ0v) is 19.1. The summed E-state index contributed by atoms with van der Waals surface area (Å²) in [5, 5.41) is 5.00. The molecule has 1 unspecified atom stereocenters. The van der Waals surface area contributed by atoms with E-state index in [2.05, 4.69) is 33.1 Å². The highest BCUT2D eigenvalue weighted by atomic mass is 32.1. The average molecular weight is 459 g/mol. The molecule has 1 fully saturated rings. The molecular formula is C26H26N4O2S. The van der Waals surface area contributed by atoms with Gasteiger partial charge < -0.3 is 14.8 Å². The smallest absolute Gasteiger partial charge is 0.243 e. The SMILES string of the molecule is O=C(NCc1ccc(Cn2cnc3ccccc32)cc1)C1CCCN1C(=O)Cc1cccs1. The van der Waals surface area contributed by atoms with E-state index in [-0.39, 0.29) is 17.9 Å². The molecule has 7 heteroatoms. The molecule has 6 nitrogen and oxygen atoms in total. The highest BCUT2D eigenvalue weighted by Gasteiger charge is 2.33. The second kappa shape index (κ2) is 9.58. The Hall–Kier alpha value is -3.45. The van der Waals surface area contributed by atoms with Gasteiger partial charge in [-0.15, -0.1) is 11.3 Å². The van der Waals surface area contributed by atoms with Crippen LogP contribution in [0, 0.1) is 0 Å². The zero-order valence-electron chi connectivity index (χ0n) is 18.3. The Morgan fingerprint density at radius 2 is 1.85 bits per heavy atom. The summed E-state index contributed by atoms with van der Waals surface area (Å²) in [5.41, 5.74) is 4.32. The molecule has 2 amide bonds. The lowest BCUT2D eigenvalue weighted by molar-refractivity contribution is -0.138. The fourth-order valence-electron chi connectivity index (χ4n) is 4.40. The van der Waals surface area contributed by atoms with Gasteiger partial charge in [0, 0.05) is 24.5 Å². The van der Waals surface area contributed by atoms with Gasteiger partial charge in [-0.3, -0.25) is 9.59 Å². The van der Waals surface area contributed by atoms with Crippen molar-refractivity contribution >= 4 is 34.2 Å². The van der Waals surface area contributed by atoms with E-state index in [1.807, 2.05) is 54.2 Å². The number of rotatable bonds is 7.